The minimum atomic E-state index is -2.96. The van der Waals surface area contributed by atoms with Crippen molar-refractivity contribution >= 4 is 21.4 Å². The van der Waals surface area contributed by atoms with Crippen LogP contribution in [0.1, 0.15) is 41.9 Å². The van der Waals surface area contributed by atoms with Gasteiger partial charge in [-0.15, -0.1) is 0 Å². The summed E-state index contributed by atoms with van der Waals surface area (Å²) in [7, 11) is -1.06. The van der Waals surface area contributed by atoms with Crippen LogP contribution >= 0.6 is 0 Å². The number of aromatic nitrogens is 2. The molecule has 7 nitrogen and oxygen atoms in total. The highest BCUT2D eigenvalue weighted by molar-refractivity contribution is 7.91. The first kappa shape index (κ1) is 21.5. The number of nitrogens with one attached hydrogen (secondary N) is 1. The molecular formula is C21H30N4O3S. The Morgan fingerprint density at radius 3 is 2.69 bits per heavy atom. The van der Waals surface area contributed by atoms with E-state index in [0.717, 1.165) is 34.6 Å². The third-order valence-corrected chi connectivity index (χ3v) is 7.29. The van der Waals surface area contributed by atoms with Crippen LogP contribution < -0.4 is 5.32 Å². The zero-order valence-electron chi connectivity index (χ0n) is 17.6. The van der Waals surface area contributed by atoms with Gasteiger partial charge in [0.1, 0.15) is 0 Å². The third kappa shape index (κ3) is 5.05. The van der Waals surface area contributed by atoms with E-state index in [1.807, 2.05) is 54.7 Å². The minimum Gasteiger partial charge on any atom is -0.325 e. The summed E-state index contributed by atoms with van der Waals surface area (Å²) in [5, 5.41) is 7.60. The van der Waals surface area contributed by atoms with E-state index in [0.29, 0.717) is 13.0 Å². The average Bonchev–Trinajstić information content (AvgIpc) is 3.15. The minimum absolute atomic E-state index is 0.0574. The monoisotopic (exact) mass is 418 g/mol. The highest BCUT2D eigenvalue weighted by Gasteiger charge is 2.31. The van der Waals surface area contributed by atoms with Crippen molar-refractivity contribution < 1.29 is 13.2 Å². The van der Waals surface area contributed by atoms with Gasteiger partial charge < -0.3 is 5.32 Å². The Morgan fingerprint density at radius 2 is 2.03 bits per heavy atom. The Labute approximate surface area is 173 Å². The maximum atomic E-state index is 12.5. The fourth-order valence-corrected chi connectivity index (χ4v) is 5.65. The molecule has 29 heavy (non-hydrogen) atoms. The van der Waals surface area contributed by atoms with E-state index in [2.05, 4.69) is 17.3 Å². The van der Waals surface area contributed by atoms with Crippen molar-refractivity contribution in [2.75, 3.05) is 30.4 Å². The molecule has 1 aliphatic heterocycles. The summed E-state index contributed by atoms with van der Waals surface area (Å²) in [4.78, 5) is 14.5. The molecule has 2 heterocycles. The number of hydrogen-bond donors (Lipinski definition) is 1. The van der Waals surface area contributed by atoms with E-state index in [1.165, 1.54) is 0 Å². The lowest BCUT2D eigenvalue weighted by atomic mass is 10.1. The van der Waals surface area contributed by atoms with Gasteiger partial charge in [-0.25, -0.2) is 8.42 Å². The van der Waals surface area contributed by atoms with Gasteiger partial charge in [-0.3, -0.25) is 14.4 Å². The number of carbonyl (C=O) groups excluding carboxylic acids is 1. The van der Waals surface area contributed by atoms with Crippen LogP contribution in [0.3, 0.4) is 0 Å². The van der Waals surface area contributed by atoms with Gasteiger partial charge in [0, 0.05) is 23.5 Å². The average molecular weight is 419 g/mol. The molecule has 1 saturated heterocycles. The predicted octanol–water partition coefficient (Wildman–Crippen LogP) is 2.49. The zero-order valence-corrected chi connectivity index (χ0v) is 18.4. The molecular weight excluding hydrogens is 388 g/mol. The van der Waals surface area contributed by atoms with Crippen LogP contribution in [0.15, 0.2) is 24.3 Å². The van der Waals surface area contributed by atoms with Gasteiger partial charge in [0.25, 0.3) is 0 Å². The quantitative estimate of drug-likeness (QED) is 0.747. The molecule has 0 bridgehead atoms. The van der Waals surface area contributed by atoms with Crippen LogP contribution in [0.5, 0.6) is 0 Å². The molecule has 0 aliphatic carbocycles. The molecule has 1 aromatic carbocycles. The van der Waals surface area contributed by atoms with Crippen molar-refractivity contribution in [3.63, 3.8) is 0 Å². The Kier molecular flexibility index (Phi) is 6.43. The molecule has 1 aliphatic rings. The summed E-state index contributed by atoms with van der Waals surface area (Å²) >= 11 is 0. The molecule has 0 unspecified atom stereocenters. The van der Waals surface area contributed by atoms with Gasteiger partial charge in [0.2, 0.25) is 5.91 Å². The molecule has 1 N–H and O–H groups in total. The Hall–Kier alpha value is -2.19. The molecule has 1 fully saturated rings. The van der Waals surface area contributed by atoms with Crippen LogP contribution in [0.4, 0.5) is 5.69 Å². The Bertz CT molecular complexity index is 997. The maximum Gasteiger partial charge on any atom is 0.238 e. The largest absolute Gasteiger partial charge is 0.325 e. The van der Waals surface area contributed by atoms with Crippen molar-refractivity contribution in [3.05, 3.63) is 46.8 Å². The van der Waals surface area contributed by atoms with Crippen LogP contribution in [-0.4, -0.2) is 54.1 Å². The zero-order chi connectivity index (χ0) is 21.2. The fourth-order valence-electron chi connectivity index (χ4n) is 3.96. The standard InChI is InChI=1S/C21H30N4O3S/c1-5-17-8-6-7-9-20(17)22-21(26)13-24(4)12-19-15(2)23-25(16(19)3)18-10-11-29(27,28)14-18/h6-9,18H,5,10-14H2,1-4H3,(H,22,26)/t18-/m1/s1. The Morgan fingerprint density at radius 1 is 1.31 bits per heavy atom. The highest BCUT2D eigenvalue weighted by atomic mass is 32.2. The van der Waals surface area contributed by atoms with Gasteiger partial charge in [-0.05, 0) is 45.4 Å². The number of nitrogens with zero attached hydrogens (tertiary/aromatic N) is 3. The molecule has 1 amide bonds. The van der Waals surface area contributed by atoms with Crippen molar-refractivity contribution in [1.82, 2.24) is 14.7 Å². The van der Waals surface area contributed by atoms with E-state index < -0.39 is 9.84 Å². The summed E-state index contributed by atoms with van der Waals surface area (Å²) < 4.78 is 25.5. The molecule has 0 saturated carbocycles. The molecule has 1 atom stereocenters. The summed E-state index contributed by atoms with van der Waals surface area (Å²) in [6.07, 6.45) is 1.47. The number of benzene rings is 1. The number of rotatable bonds is 7. The van der Waals surface area contributed by atoms with Crippen LogP contribution in [0.25, 0.3) is 0 Å². The van der Waals surface area contributed by atoms with E-state index in [1.54, 1.807) is 0 Å². The van der Waals surface area contributed by atoms with Gasteiger partial charge in [0.15, 0.2) is 9.84 Å². The SMILES string of the molecule is CCc1ccccc1NC(=O)CN(C)Cc1c(C)nn([C@@H]2CCS(=O)(=O)C2)c1C. The lowest BCUT2D eigenvalue weighted by Crippen LogP contribution is -2.30. The first-order valence-electron chi connectivity index (χ1n) is 10.0. The van der Waals surface area contributed by atoms with Crippen LogP contribution in [0, 0.1) is 13.8 Å². The summed E-state index contributed by atoms with van der Waals surface area (Å²) in [6, 6.07) is 7.74. The van der Waals surface area contributed by atoms with Gasteiger partial charge in [-0.1, -0.05) is 25.1 Å². The second kappa shape index (κ2) is 8.67. The molecule has 8 heteroatoms. The third-order valence-electron chi connectivity index (χ3n) is 5.54. The topological polar surface area (TPSA) is 84.3 Å². The van der Waals surface area contributed by atoms with E-state index >= 15 is 0 Å². The van der Waals surface area contributed by atoms with E-state index in [-0.39, 0.29) is 30.0 Å². The van der Waals surface area contributed by atoms with Gasteiger partial charge in [-0.2, -0.15) is 5.10 Å². The molecule has 158 valence electrons. The molecule has 0 spiro atoms. The summed E-state index contributed by atoms with van der Waals surface area (Å²) in [5.41, 5.74) is 4.89. The number of hydrogen-bond acceptors (Lipinski definition) is 5. The van der Waals surface area contributed by atoms with E-state index in [4.69, 9.17) is 0 Å². The smallest absolute Gasteiger partial charge is 0.238 e. The fraction of sp³-hybridized carbons (Fsp3) is 0.524. The van der Waals surface area contributed by atoms with Crippen molar-refractivity contribution in [2.24, 2.45) is 0 Å². The number of para-hydroxylation sites is 1. The van der Waals surface area contributed by atoms with Crippen LogP contribution in [-0.2, 0) is 27.6 Å². The van der Waals surface area contributed by atoms with Crippen molar-refractivity contribution in [1.29, 1.82) is 0 Å². The first-order valence-corrected chi connectivity index (χ1v) is 11.8. The number of carbonyl (C=O) groups is 1. The van der Waals surface area contributed by atoms with E-state index in [9.17, 15) is 13.2 Å². The maximum absolute atomic E-state index is 12.5. The molecule has 3 rings (SSSR count). The van der Waals surface area contributed by atoms with Gasteiger partial charge in [0.05, 0.1) is 29.8 Å². The second-order valence-corrected chi connectivity index (χ2v) is 10.1. The number of likely N-dealkylation sites (N-methyl/N-ethyl adjacent to an activating group) is 1. The summed E-state index contributed by atoms with van der Waals surface area (Å²) in [6.45, 7) is 6.83. The summed E-state index contributed by atoms with van der Waals surface area (Å²) in [5.74, 6) is 0.326. The number of sulfone groups is 1. The van der Waals surface area contributed by atoms with Gasteiger partial charge >= 0.3 is 0 Å². The first-order chi connectivity index (χ1) is 13.7. The molecule has 1 aromatic heterocycles. The Balaban J connectivity index is 1.65. The molecule has 0 radical (unpaired) electrons. The van der Waals surface area contributed by atoms with Crippen molar-refractivity contribution in [2.45, 2.75) is 46.2 Å². The lowest BCUT2D eigenvalue weighted by molar-refractivity contribution is -0.117. The molecule has 2 aromatic rings. The number of amides is 1. The lowest BCUT2D eigenvalue weighted by Gasteiger charge is -2.18. The normalized spacial score (nSPS) is 18.3. The number of anilines is 1. The number of aryl methyl sites for hydroxylation is 2. The van der Waals surface area contributed by atoms with Crippen LogP contribution in [0.2, 0.25) is 0 Å². The second-order valence-electron chi connectivity index (χ2n) is 7.88. The predicted molar refractivity (Wildman–Crippen MR) is 115 cm³/mol. The highest BCUT2D eigenvalue weighted by Crippen LogP contribution is 2.27. The van der Waals surface area contributed by atoms with Crippen molar-refractivity contribution in [3.8, 4) is 0 Å².